The topological polar surface area (TPSA) is 74.6 Å². The van der Waals surface area contributed by atoms with Crippen LogP contribution in [-0.2, 0) is 48.4 Å². The van der Waals surface area contributed by atoms with Crippen LogP contribution in [0.25, 0.3) is 0 Å². The average Bonchev–Trinajstić information content (AvgIpc) is 2.79. The highest BCUT2D eigenvalue weighted by molar-refractivity contribution is 7.91. The number of benzene rings is 2. The van der Waals surface area contributed by atoms with E-state index < -0.39 is 9.84 Å². The van der Waals surface area contributed by atoms with Crippen LogP contribution < -0.4 is 0 Å². The molecule has 35 heavy (non-hydrogen) atoms. The zero-order valence-electron chi connectivity index (χ0n) is 22.8. The summed E-state index contributed by atoms with van der Waals surface area (Å²) in [7, 11) is -3.89. The summed E-state index contributed by atoms with van der Waals surface area (Å²) in [6.45, 7) is 12.3. The van der Waals surface area contributed by atoms with E-state index in [1.54, 1.807) is 12.1 Å². The lowest BCUT2D eigenvalue weighted by Gasteiger charge is -2.24. The smallest absolute Gasteiger partial charge is 0.207 e. The molecule has 0 aliphatic carbocycles. The molecule has 2 N–H and O–H groups in total. The molecule has 4 nitrogen and oxygen atoms in total. The van der Waals surface area contributed by atoms with Crippen LogP contribution in [-0.4, -0.2) is 18.6 Å². The van der Waals surface area contributed by atoms with Gasteiger partial charge in [0.2, 0.25) is 9.84 Å². The van der Waals surface area contributed by atoms with E-state index in [0.717, 1.165) is 60.8 Å². The molecule has 0 spiro atoms. The van der Waals surface area contributed by atoms with Crippen molar-refractivity contribution in [3.8, 4) is 11.5 Å². The van der Waals surface area contributed by atoms with Crippen molar-refractivity contribution in [1.82, 2.24) is 0 Å². The van der Waals surface area contributed by atoms with E-state index in [-0.39, 0.29) is 11.5 Å². The largest absolute Gasteiger partial charge is 0.508 e. The summed E-state index contributed by atoms with van der Waals surface area (Å²) >= 11 is 0. The molecular formula is C30H46O4S. The molecule has 2 rings (SSSR count). The van der Waals surface area contributed by atoms with Gasteiger partial charge in [0.05, 0.1) is 9.79 Å². The maximum Gasteiger partial charge on any atom is 0.207 e. The third-order valence-corrected chi connectivity index (χ3v) is 8.77. The van der Waals surface area contributed by atoms with Gasteiger partial charge in [-0.2, -0.15) is 0 Å². The molecule has 0 unspecified atom stereocenters. The van der Waals surface area contributed by atoms with Gasteiger partial charge in [-0.15, -0.1) is 0 Å². The highest BCUT2D eigenvalue weighted by atomic mass is 32.2. The highest BCUT2D eigenvalue weighted by Gasteiger charge is 2.33. The van der Waals surface area contributed by atoms with Crippen LogP contribution in [0.1, 0.15) is 113 Å². The van der Waals surface area contributed by atoms with Crippen molar-refractivity contribution in [2.24, 2.45) is 0 Å². The Morgan fingerprint density at radius 2 is 0.800 bits per heavy atom. The van der Waals surface area contributed by atoms with Crippen molar-refractivity contribution in [1.29, 1.82) is 0 Å². The fraction of sp³-hybridized carbons (Fsp3) is 0.600. The summed E-state index contributed by atoms with van der Waals surface area (Å²) < 4.78 is 29.6. The molecule has 2 aromatic carbocycles. The minimum absolute atomic E-state index is 0.220. The molecule has 0 saturated carbocycles. The number of aromatic hydroxyl groups is 2. The van der Waals surface area contributed by atoms with Crippen molar-refractivity contribution < 1.29 is 18.6 Å². The zero-order valence-corrected chi connectivity index (χ0v) is 23.6. The summed E-state index contributed by atoms with van der Waals surface area (Å²) in [6, 6.07) is 3.40. The Hall–Kier alpha value is -2.01. The molecule has 0 saturated heterocycles. The normalized spacial score (nSPS) is 11.8. The number of hydrogen-bond acceptors (Lipinski definition) is 4. The minimum atomic E-state index is -3.89. The van der Waals surface area contributed by atoms with E-state index in [1.165, 1.54) is 0 Å². The Morgan fingerprint density at radius 1 is 0.514 bits per heavy atom. The number of phenolic OH excluding ortho intramolecular Hbond substituents is 2. The molecule has 0 heterocycles. The predicted molar refractivity (Wildman–Crippen MR) is 146 cm³/mol. The van der Waals surface area contributed by atoms with Crippen LogP contribution in [0.15, 0.2) is 21.9 Å². The lowest BCUT2D eigenvalue weighted by molar-refractivity contribution is 0.463. The number of rotatable bonds is 14. The van der Waals surface area contributed by atoms with E-state index in [1.807, 2.05) is 13.8 Å². The molecule has 0 amide bonds. The SMILES string of the molecule is CCCc1cc(O)c(CCC)c(CCC)c1S(=O)(=O)c1c(CCC)cc(O)c(CCC)c1CCC. The highest BCUT2D eigenvalue weighted by Crippen LogP contribution is 2.42. The molecule has 0 bridgehead atoms. The molecule has 0 fully saturated rings. The average molecular weight is 503 g/mol. The van der Waals surface area contributed by atoms with E-state index in [4.69, 9.17) is 0 Å². The van der Waals surface area contributed by atoms with Crippen LogP contribution >= 0.6 is 0 Å². The van der Waals surface area contributed by atoms with Gasteiger partial charge in [-0.1, -0.05) is 80.1 Å². The van der Waals surface area contributed by atoms with Gasteiger partial charge in [0.25, 0.3) is 0 Å². The van der Waals surface area contributed by atoms with Crippen molar-refractivity contribution in [2.75, 3.05) is 0 Å². The van der Waals surface area contributed by atoms with Crippen molar-refractivity contribution in [3.05, 3.63) is 45.5 Å². The van der Waals surface area contributed by atoms with E-state index >= 15 is 0 Å². The fourth-order valence-electron chi connectivity index (χ4n) is 5.37. The van der Waals surface area contributed by atoms with Gasteiger partial charge in [-0.05, 0) is 84.0 Å². The van der Waals surface area contributed by atoms with Crippen LogP contribution in [0.3, 0.4) is 0 Å². The molecule has 0 aromatic heterocycles. The second-order valence-electron chi connectivity index (χ2n) is 9.69. The number of sulfone groups is 1. The van der Waals surface area contributed by atoms with Crippen molar-refractivity contribution >= 4 is 9.84 Å². The lowest BCUT2D eigenvalue weighted by Crippen LogP contribution is -2.17. The first-order chi connectivity index (χ1) is 16.7. The Labute approximate surface area is 213 Å². The van der Waals surface area contributed by atoms with Crippen LogP contribution in [0.5, 0.6) is 11.5 Å². The van der Waals surface area contributed by atoms with Gasteiger partial charge in [0, 0.05) is 0 Å². The van der Waals surface area contributed by atoms with Gasteiger partial charge in [0.15, 0.2) is 0 Å². The van der Waals surface area contributed by atoms with Crippen LogP contribution in [0.2, 0.25) is 0 Å². The maximum absolute atomic E-state index is 14.8. The van der Waals surface area contributed by atoms with Gasteiger partial charge in [0.1, 0.15) is 11.5 Å². The summed E-state index contributed by atoms with van der Waals surface area (Å²) in [4.78, 5) is 0.815. The molecule has 5 heteroatoms. The summed E-state index contributed by atoms with van der Waals surface area (Å²) in [5.74, 6) is 0.440. The minimum Gasteiger partial charge on any atom is -0.508 e. The number of hydrogen-bond donors (Lipinski definition) is 2. The molecular weight excluding hydrogens is 456 g/mol. The predicted octanol–water partition coefficient (Wildman–Crippen LogP) is 7.65. The van der Waals surface area contributed by atoms with Gasteiger partial charge in [-0.3, -0.25) is 0 Å². The molecule has 0 aliphatic heterocycles. The molecule has 196 valence electrons. The van der Waals surface area contributed by atoms with E-state index in [2.05, 4.69) is 27.7 Å². The Kier molecular flexibility index (Phi) is 11.1. The summed E-state index contributed by atoms with van der Waals surface area (Å²) in [5.41, 5.74) is 4.54. The van der Waals surface area contributed by atoms with Gasteiger partial charge in [-0.25, -0.2) is 8.42 Å². The standard InChI is InChI=1S/C30H46O4S/c1-7-13-21-19-27(31)23(15-9-3)25(17-11-5)29(21)35(33,34)30-22(14-8-2)20-28(32)24(16-10-4)26(30)18-12-6/h19-20,31-32H,7-18H2,1-6H3. The first-order valence-electron chi connectivity index (χ1n) is 13.7. The molecule has 2 aromatic rings. The Bertz CT molecular complexity index is 1020. The van der Waals surface area contributed by atoms with Crippen LogP contribution in [0.4, 0.5) is 0 Å². The maximum atomic E-state index is 14.8. The molecule has 0 aliphatic rings. The third-order valence-electron chi connectivity index (χ3n) is 6.68. The number of aryl methyl sites for hydroxylation is 2. The monoisotopic (exact) mass is 502 g/mol. The Balaban J connectivity index is 3.09. The second-order valence-corrected chi connectivity index (χ2v) is 11.5. The lowest BCUT2D eigenvalue weighted by atomic mass is 9.94. The second kappa shape index (κ2) is 13.3. The summed E-state index contributed by atoms with van der Waals surface area (Å²) in [6.07, 6.45) is 8.56. The first kappa shape index (κ1) is 29.2. The van der Waals surface area contributed by atoms with Crippen molar-refractivity contribution in [3.63, 3.8) is 0 Å². The van der Waals surface area contributed by atoms with Gasteiger partial charge >= 0.3 is 0 Å². The van der Waals surface area contributed by atoms with Gasteiger partial charge < -0.3 is 10.2 Å². The first-order valence-corrected chi connectivity index (χ1v) is 15.2. The Morgan fingerprint density at radius 3 is 1.09 bits per heavy atom. The summed E-state index contributed by atoms with van der Waals surface area (Å²) in [5, 5.41) is 21.8. The van der Waals surface area contributed by atoms with Crippen molar-refractivity contribution in [2.45, 2.75) is 128 Å². The van der Waals surface area contributed by atoms with E-state index in [9.17, 15) is 18.6 Å². The quantitative estimate of drug-likeness (QED) is 0.278. The molecule has 0 atom stereocenters. The van der Waals surface area contributed by atoms with E-state index in [0.29, 0.717) is 59.4 Å². The molecule has 0 radical (unpaired) electrons. The third kappa shape index (κ3) is 6.22. The number of phenols is 2. The zero-order chi connectivity index (χ0) is 26.2. The fourth-order valence-corrected chi connectivity index (χ4v) is 7.69. The van der Waals surface area contributed by atoms with Crippen LogP contribution in [0, 0.1) is 0 Å².